The van der Waals surface area contributed by atoms with E-state index in [-0.39, 0.29) is 5.91 Å². The van der Waals surface area contributed by atoms with Crippen molar-refractivity contribution in [2.45, 2.75) is 13.5 Å². The van der Waals surface area contributed by atoms with Crippen molar-refractivity contribution in [3.63, 3.8) is 0 Å². The van der Waals surface area contributed by atoms with Crippen LogP contribution in [0, 0.1) is 0 Å². The average molecular weight is 419 g/mol. The molecule has 0 radical (unpaired) electrons. The molecule has 0 aliphatic heterocycles. The number of fused-ring (bicyclic) bond motifs is 1. The maximum Gasteiger partial charge on any atom is 0.337 e. The summed E-state index contributed by atoms with van der Waals surface area (Å²) >= 11 is 4.93. The van der Waals surface area contributed by atoms with Crippen LogP contribution in [0.4, 0.5) is 0 Å². The fourth-order valence-electron chi connectivity index (χ4n) is 2.46. The van der Waals surface area contributed by atoms with Gasteiger partial charge in [0.15, 0.2) is 4.80 Å². The van der Waals surface area contributed by atoms with Crippen molar-refractivity contribution in [3.05, 3.63) is 62.9 Å². The third-order valence-corrected chi connectivity index (χ3v) is 5.25. The Morgan fingerprint density at radius 2 is 1.84 bits per heavy atom. The lowest BCUT2D eigenvalue weighted by molar-refractivity contribution is 0.0600. The second-order valence-corrected chi connectivity index (χ2v) is 7.15. The zero-order valence-electron chi connectivity index (χ0n) is 13.7. The molecule has 0 N–H and O–H groups in total. The molecule has 0 bridgehead atoms. The van der Waals surface area contributed by atoms with E-state index in [1.54, 1.807) is 24.3 Å². The molecule has 3 rings (SSSR count). The third-order valence-electron chi connectivity index (χ3n) is 3.71. The van der Waals surface area contributed by atoms with Gasteiger partial charge in [-0.1, -0.05) is 27.3 Å². The van der Waals surface area contributed by atoms with Crippen LogP contribution in [0.2, 0.25) is 0 Å². The molecule has 1 aromatic heterocycles. The molecule has 7 heteroatoms. The molecule has 0 aliphatic rings. The SMILES string of the molecule is CCn1c(=NC(=O)c2ccc(C(=O)OC)cc2)sc2cc(Br)ccc21. The van der Waals surface area contributed by atoms with Crippen LogP contribution in [0.5, 0.6) is 0 Å². The normalized spacial score (nSPS) is 11.7. The summed E-state index contributed by atoms with van der Waals surface area (Å²) in [5.41, 5.74) is 1.87. The highest BCUT2D eigenvalue weighted by atomic mass is 79.9. The largest absolute Gasteiger partial charge is 0.465 e. The van der Waals surface area contributed by atoms with E-state index < -0.39 is 5.97 Å². The van der Waals surface area contributed by atoms with Crippen molar-refractivity contribution >= 4 is 49.4 Å². The number of carbonyl (C=O) groups is 2. The fraction of sp³-hybridized carbons (Fsp3) is 0.167. The van der Waals surface area contributed by atoms with E-state index in [0.717, 1.165) is 21.2 Å². The number of esters is 1. The zero-order chi connectivity index (χ0) is 18.0. The Morgan fingerprint density at radius 1 is 1.16 bits per heavy atom. The zero-order valence-corrected chi connectivity index (χ0v) is 16.1. The highest BCUT2D eigenvalue weighted by Crippen LogP contribution is 2.22. The van der Waals surface area contributed by atoms with E-state index in [9.17, 15) is 9.59 Å². The van der Waals surface area contributed by atoms with Gasteiger partial charge in [0.1, 0.15) is 0 Å². The van der Waals surface area contributed by atoms with Gasteiger partial charge in [-0.3, -0.25) is 4.79 Å². The highest BCUT2D eigenvalue weighted by Gasteiger charge is 2.10. The van der Waals surface area contributed by atoms with Crippen LogP contribution in [0.3, 0.4) is 0 Å². The lowest BCUT2D eigenvalue weighted by Crippen LogP contribution is -2.15. The molecule has 0 atom stereocenters. The maximum atomic E-state index is 12.5. The number of rotatable bonds is 3. The molecule has 0 spiro atoms. The van der Waals surface area contributed by atoms with Crippen molar-refractivity contribution in [2.24, 2.45) is 4.99 Å². The summed E-state index contributed by atoms with van der Waals surface area (Å²) in [7, 11) is 1.32. The molecule has 25 heavy (non-hydrogen) atoms. The predicted octanol–water partition coefficient (Wildman–Crippen LogP) is 4.01. The Balaban J connectivity index is 2.01. The Bertz CT molecular complexity index is 1020. The smallest absolute Gasteiger partial charge is 0.337 e. The van der Waals surface area contributed by atoms with E-state index in [0.29, 0.717) is 15.9 Å². The Morgan fingerprint density at radius 3 is 2.48 bits per heavy atom. The molecule has 0 saturated carbocycles. The molecule has 0 unspecified atom stereocenters. The van der Waals surface area contributed by atoms with Gasteiger partial charge < -0.3 is 9.30 Å². The standard InChI is InChI=1S/C18H15BrN2O3S/c1-3-21-14-9-8-13(19)10-15(14)25-18(21)20-16(22)11-4-6-12(7-5-11)17(23)24-2/h4-10H,3H2,1-2H3. The molecule has 128 valence electrons. The van der Waals surface area contributed by atoms with Crippen LogP contribution < -0.4 is 4.80 Å². The summed E-state index contributed by atoms with van der Waals surface area (Å²) in [6, 6.07) is 12.3. The summed E-state index contributed by atoms with van der Waals surface area (Å²) < 4.78 is 8.71. The Kier molecular flexibility index (Phi) is 5.15. The molecule has 2 aromatic carbocycles. The molecule has 1 heterocycles. The minimum absolute atomic E-state index is 0.343. The van der Waals surface area contributed by atoms with Crippen molar-refractivity contribution < 1.29 is 14.3 Å². The molecular formula is C18H15BrN2O3S. The van der Waals surface area contributed by atoms with Crippen LogP contribution in [-0.4, -0.2) is 23.6 Å². The summed E-state index contributed by atoms with van der Waals surface area (Å²) in [6.45, 7) is 2.73. The van der Waals surface area contributed by atoms with E-state index >= 15 is 0 Å². The van der Waals surface area contributed by atoms with Crippen LogP contribution in [-0.2, 0) is 11.3 Å². The number of aryl methyl sites for hydroxylation is 1. The number of ether oxygens (including phenoxy) is 1. The first-order chi connectivity index (χ1) is 12.0. The number of aromatic nitrogens is 1. The lowest BCUT2D eigenvalue weighted by atomic mass is 10.1. The van der Waals surface area contributed by atoms with Crippen LogP contribution in [0.25, 0.3) is 10.2 Å². The van der Waals surface area contributed by atoms with Gasteiger partial charge in [0, 0.05) is 16.6 Å². The number of hydrogen-bond acceptors (Lipinski definition) is 4. The number of methoxy groups -OCH3 is 1. The first-order valence-corrected chi connectivity index (χ1v) is 9.20. The molecule has 0 saturated heterocycles. The number of thiazole rings is 1. The number of nitrogens with zero attached hydrogens (tertiary/aromatic N) is 2. The van der Waals surface area contributed by atoms with Crippen LogP contribution in [0.15, 0.2) is 51.9 Å². The van der Waals surface area contributed by atoms with Gasteiger partial charge in [-0.15, -0.1) is 0 Å². The Labute approximate surface area is 156 Å². The number of halogens is 1. The minimum Gasteiger partial charge on any atom is -0.465 e. The van der Waals surface area contributed by atoms with Gasteiger partial charge in [0.25, 0.3) is 5.91 Å². The van der Waals surface area contributed by atoms with Gasteiger partial charge in [-0.2, -0.15) is 4.99 Å². The molecule has 1 amide bonds. The second kappa shape index (κ2) is 7.33. The summed E-state index contributed by atoms with van der Waals surface area (Å²) in [5, 5.41) is 0. The van der Waals surface area contributed by atoms with Gasteiger partial charge in [-0.05, 0) is 49.4 Å². The monoisotopic (exact) mass is 418 g/mol. The topological polar surface area (TPSA) is 60.7 Å². The summed E-state index contributed by atoms with van der Waals surface area (Å²) in [5.74, 6) is -0.779. The van der Waals surface area contributed by atoms with Gasteiger partial charge in [0.2, 0.25) is 0 Å². The van der Waals surface area contributed by atoms with Gasteiger partial charge in [-0.25, -0.2) is 4.79 Å². The molecule has 3 aromatic rings. The third kappa shape index (κ3) is 3.57. The quantitative estimate of drug-likeness (QED) is 0.603. The molecule has 0 fully saturated rings. The predicted molar refractivity (Wildman–Crippen MR) is 101 cm³/mol. The number of carbonyl (C=O) groups excluding carboxylic acids is 2. The number of amides is 1. The maximum absolute atomic E-state index is 12.5. The lowest BCUT2D eigenvalue weighted by Gasteiger charge is -2.01. The van der Waals surface area contributed by atoms with E-state index in [1.165, 1.54) is 18.4 Å². The summed E-state index contributed by atoms with van der Waals surface area (Å²) in [4.78, 5) is 28.9. The van der Waals surface area contributed by atoms with E-state index in [4.69, 9.17) is 0 Å². The van der Waals surface area contributed by atoms with Crippen molar-refractivity contribution in [1.29, 1.82) is 0 Å². The van der Waals surface area contributed by atoms with Crippen molar-refractivity contribution in [1.82, 2.24) is 4.57 Å². The molecule has 5 nitrogen and oxygen atoms in total. The van der Waals surface area contributed by atoms with Gasteiger partial charge in [0.05, 0.1) is 22.9 Å². The second-order valence-electron chi connectivity index (χ2n) is 5.23. The first kappa shape index (κ1) is 17.6. The fourth-order valence-corrected chi connectivity index (χ4v) is 4.10. The van der Waals surface area contributed by atoms with Crippen LogP contribution >= 0.6 is 27.3 Å². The van der Waals surface area contributed by atoms with Gasteiger partial charge >= 0.3 is 5.97 Å². The van der Waals surface area contributed by atoms with Crippen LogP contribution in [0.1, 0.15) is 27.6 Å². The van der Waals surface area contributed by atoms with E-state index in [1.807, 2.05) is 29.7 Å². The highest BCUT2D eigenvalue weighted by molar-refractivity contribution is 9.10. The number of benzene rings is 2. The molecular weight excluding hydrogens is 404 g/mol. The van der Waals surface area contributed by atoms with Crippen molar-refractivity contribution in [2.75, 3.05) is 7.11 Å². The summed E-state index contributed by atoms with van der Waals surface area (Å²) in [6.07, 6.45) is 0. The minimum atomic E-state index is -0.435. The average Bonchev–Trinajstić information content (AvgIpc) is 2.96. The Hall–Kier alpha value is -2.25. The number of hydrogen-bond donors (Lipinski definition) is 0. The molecule has 0 aliphatic carbocycles. The van der Waals surface area contributed by atoms with E-state index in [2.05, 4.69) is 25.7 Å². The van der Waals surface area contributed by atoms with Crippen molar-refractivity contribution in [3.8, 4) is 0 Å². The first-order valence-electron chi connectivity index (χ1n) is 7.60.